The van der Waals surface area contributed by atoms with Crippen LogP contribution in [0.15, 0.2) is 60.7 Å². The Morgan fingerprint density at radius 3 is 1.21 bits per heavy atom. The maximum absolute atomic E-state index is 11.2. The van der Waals surface area contributed by atoms with E-state index in [1.807, 2.05) is 60.7 Å². The number of aliphatic carboxylic acids is 2. The third-order valence-electron chi connectivity index (χ3n) is 3.84. The van der Waals surface area contributed by atoms with Gasteiger partial charge in [0.2, 0.25) is 0 Å². The molecule has 0 heterocycles. The summed E-state index contributed by atoms with van der Waals surface area (Å²) in [5, 5.41) is 32.5. The zero-order valence-corrected chi connectivity index (χ0v) is 20.2. The van der Waals surface area contributed by atoms with Crippen LogP contribution in [0, 0.1) is 0 Å². The highest BCUT2D eigenvalue weighted by molar-refractivity contribution is 7.84. The average molecular weight is 517 g/mol. The Morgan fingerprint density at radius 2 is 0.971 bits per heavy atom. The first-order valence-corrected chi connectivity index (χ1v) is 13.1. The summed E-state index contributed by atoms with van der Waals surface area (Å²) >= 11 is 0. The van der Waals surface area contributed by atoms with Crippen LogP contribution in [0.1, 0.15) is 11.1 Å². The molecule has 8 N–H and O–H groups in total. The Bertz CT molecular complexity index is 811. The van der Waals surface area contributed by atoms with Gasteiger partial charge in [-0.2, -0.15) is 0 Å². The first kappa shape index (κ1) is 31.5. The van der Waals surface area contributed by atoms with E-state index in [-0.39, 0.29) is 0 Å². The van der Waals surface area contributed by atoms with Gasteiger partial charge in [0.05, 0.1) is 0 Å². The van der Waals surface area contributed by atoms with E-state index < -0.39 is 45.7 Å². The van der Waals surface area contributed by atoms with Gasteiger partial charge in [-0.1, -0.05) is 60.7 Å². The molecule has 0 aliphatic carbocycles. The van der Waals surface area contributed by atoms with Crippen molar-refractivity contribution in [3.63, 3.8) is 0 Å². The van der Waals surface area contributed by atoms with Crippen LogP contribution in [0.25, 0.3) is 0 Å². The maximum atomic E-state index is 11.2. The molecule has 0 aromatic heterocycles. The fourth-order valence-corrected chi connectivity index (χ4v) is 4.14. The van der Waals surface area contributed by atoms with Crippen LogP contribution in [0.5, 0.6) is 0 Å². The van der Waals surface area contributed by atoms with Gasteiger partial charge >= 0.3 is 11.9 Å². The normalized spacial score (nSPS) is 13.6. The van der Waals surface area contributed by atoms with E-state index in [4.69, 9.17) is 31.9 Å². The molecular formula is C22H32N2O8S2. The van der Waals surface area contributed by atoms with Gasteiger partial charge in [0.1, 0.15) is 0 Å². The van der Waals surface area contributed by atoms with Crippen LogP contribution in [0.2, 0.25) is 0 Å². The monoisotopic (exact) mass is 516 g/mol. The molecule has 0 amide bonds. The van der Waals surface area contributed by atoms with Crippen LogP contribution in [-0.2, 0) is 42.7 Å². The zero-order chi connectivity index (χ0) is 25.9. The molecule has 4 atom stereocenters. The van der Waals surface area contributed by atoms with E-state index in [0.717, 1.165) is 11.1 Å². The van der Waals surface area contributed by atoms with Crippen molar-refractivity contribution >= 4 is 33.5 Å². The summed E-state index contributed by atoms with van der Waals surface area (Å²) in [5.41, 5.74) is 12.8. The van der Waals surface area contributed by atoms with Crippen molar-refractivity contribution < 1.29 is 38.4 Å². The molecule has 12 heteroatoms. The number of hydrogen-bond acceptors (Lipinski definition) is 8. The zero-order valence-electron chi connectivity index (χ0n) is 18.6. The second-order valence-electron chi connectivity index (χ2n) is 6.69. The summed E-state index contributed by atoms with van der Waals surface area (Å²) in [4.78, 5) is 19.5. The molecule has 0 fully saturated rings. The van der Waals surface area contributed by atoms with Crippen molar-refractivity contribution in [3.8, 4) is 0 Å². The van der Waals surface area contributed by atoms with Crippen molar-refractivity contribution in [2.45, 2.75) is 23.7 Å². The largest absolute Gasteiger partial charge is 0.479 e. The van der Waals surface area contributed by atoms with Gasteiger partial charge in [-0.15, -0.1) is 0 Å². The van der Waals surface area contributed by atoms with Gasteiger partial charge in [-0.3, -0.25) is 8.42 Å². The predicted octanol–water partition coefficient (Wildman–Crippen LogP) is -0.335. The Morgan fingerprint density at radius 1 is 0.676 bits per heavy atom. The maximum Gasteiger partial charge on any atom is 0.335 e. The molecule has 2 aromatic carbocycles. The third-order valence-corrected chi connectivity index (χ3v) is 6.53. The van der Waals surface area contributed by atoms with E-state index in [2.05, 4.69) is 0 Å². The predicted molar refractivity (Wildman–Crippen MR) is 132 cm³/mol. The molecule has 0 saturated heterocycles. The Hall–Kier alpha value is -2.48. The second-order valence-corrected chi connectivity index (χ2v) is 9.84. The van der Waals surface area contributed by atoms with Crippen LogP contribution < -0.4 is 11.5 Å². The van der Waals surface area contributed by atoms with Crippen molar-refractivity contribution in [1.82, 2.24) is 0 Å². The summed E-state index contributed by atoms with van der Waals surface area (Å²) in [6.45, 7) is 0.999. The molecule has 0 radical (unpaired) electrons. The number of carbonyl (C=O) groups is 2. The SMILES string of the molecule is NCCS(=O)Cc1ccccc1.NCCS(=O)Cc1ccccc1.O=C(O)C(O)C(O)C(=O)O. The number of aliphatic hydroxyl groups excluding tert-OH is 2. The molecule has 0 bridgehead atoms. The smallest absolute Gasteiger partial charge is 0.335 e. The highest BCUT2D eigenvalue weighted by atomic mass is 32.2. The number of carboxylic acids is 2. The summed E-state index contributed by atoms with van der Waals surface area (Å²) in [6.07, 6.45) is -4.53. The molecule has 4 unspecified atom stereocenters. The van der Waals surface area contributed by atoms with E-state index in [1.54, 1.807) is 0 Å². The number of carboxylic acid groups (broad SMARTS) is 2. The number of nitrogens with two attached hydrogens (primary N) is 2. The van der Waals surface area contributed by atoms with Gasteiger partial charge < -0.3 is 31.9 Å². The first-order valence-electron chi connectivity index (χ1n) is 10.1. The van der Waals surface area contributed by atoms with E-state index >= 15 is 0 Å². The third kappa shape index (κ3) is 15.4. The highest BCUT2D eigenvalue weighted by Gasteiger charge is 2.29. The van der Waals surface area contributed by atoms with Crippen molar-refractivity contribution in [3.05, 3.63) is 71.8 Å². The molecule has 0 saturated carbocycles. The topological polar surface area (TPSA) is 201 Å². The van der Waals surface area contributed by atoms with Crippen LogP contribution in [-0.4, -0.2) is 77.6 Å². The number of aliphatic hydroxyl groups is 2. The Kier molecular flexibility index (Phi) is 17.5. The first-order chi connectivity index (χ1) is 16.1. The molecule has 10 nitrogen and oxygen atoms in total. The summed E-state index contributed by atoms with van der Waals surface area (Å²) in [6, 6.07) is 19.6. The Balaban J connectivity index is 0.000000484. The molecule has 0 aliphatic heterocycles. The van der Waals surface area contributed by atoms with E-state index in [9.17, 15) is 18.0 Å². The van der Waals surface area contributed by atoms with Crippen LogP contribution in [0.4, 0.5) is 0 Å². The minimum absolute atomic E-state index is 0.499. The summed E-state index contributed by atoms with van der Waals surface area (Å²) < 4.78 is 22.5. The average Bonchev–Trinajstić information content (AvgIpc) is 2.80. The quantitative estimate of drug-likeness (QED) is 0.229. The van der Waals surface area contributed by atoms with Gasteiger partial charge in [0, 0.05) is 57.7 Å². The molecule has 190 valence electrons. The van der Waals surface area contributed by atoms with Crippen LogP contribution in [0.3, 0.4) is 0 Å². The molecule has 0 spiro atoms. The molecule has 34 heavy (non-hydrogen) atoms. The highest BCUT2D eigenvalue weighted by Crippen LogP contribution is 2.03. The van der Waals surface area contributed by atoms with Crippen molar-refractivity contribution in [2.24, 2.45) is 11.5 Å². The fraction of sp³-hybridized carbons (Fsp3) is 0.364. The minimum Gasteiger partial charge on any atom is -0.479 e. The van der Waals surface area contributed by atoms with Crippen LogP contribution >= 0.6 is 0 Å². The summed E-state index contributed by atoms with van der Waals surface area (Å²) in [5.74, 6) is -1.11. The van der Waals surface area contributed by atoms with Gasteiger partial charge in [-0.25, -0.2) is 9.59 Å². The number of rotatable bonds is 11. The second kappa shape index (κ2) is 18.9. The fourth-order valence-electron chi connectivity index (χ4n) is 2.20. The Labute approximate surface area is 203 Å². The lowest BCUT2D eigenvalue weighted by molar-refractivity contribution is -0.165. The van der Waals surface area contributed by atoms with Gasteiger partial charge in [0.15, 0.2) is 12.2 Å². The lowest BCUT2D eigenvalue weighted by Crippen LogP contribution is -2.39. The van der Waals surface area contributed by atoms with E-state index in [1.165, 1.54) is 0 Å². The lowest BCUT2D eigenvalue weighted by Gasteiger charge is -2.07. The summed E-state index contributed by atoms with van der Waals surface area (Å²) in [7, 11) is -1.59. The lowest BCUT2D eigenvalue weighted by atomic mass is 10.2. The van der Waals surface area contributed by atoms with Crippen molar-refractivity contribution in [1.29, 1.82) is 0 Å². The van der Waals surface area contributed by atoms with Gasteiger partial charge in [-0.05, 0) is 11.1 Å². The van der Waals surface area contributed by atoms with E-state index in [0.29, 0.717) is 36.1 Å². The number of benzene rings is 2. The number of hydrogen-bond donors (Lipinski definition) is 6. The molecular weight excluding hydrogens is 484 g/mol. The molecule has 2 aromatic rings. The van der Waals surface area contributed by atoms with Gasteiger partial charge in [0.25, 0.3) is 0 Å². The standard InChI is InChI=1S/2C9H13NOS.C4H6O6/c2*10-6-7-12(11)8-9-4-2-1-3-5-9;5-1(3(7)8)2(6)4(9)10/h2*1-5H,6-8,10H2;1-2,5-6H,(H,7,8)(H,9,10). The minimum atomic E-state index is -2.27. The molecule has 2 rings (SSSR count). The molecule has 0 aliphatic rings. The van der Waals surface area contributed by atoms with Crippen molar-refractivity contribution in [2.75, 3.05) is 24.6 Å².